The Balaban J connectivity index is 2.20. The quantitative estimate of drug-likeness (QED) is 0.824. The van der Waals surface area contributed by atoms with E-state index in [2.05, 4.69) is 4.72 Å². The molecule has 96 valence electrons. The van der Waals surface area contributed by atoms with Crippen LogP contribution in [0.15, 0.2) is 45.9 Å². The second-order valence-electron chi connectivity index (χ2n) is 3.95. The summed E-state index contributed by atoms with van der Waals surface area (Å²) in [5, 5.41) is 0. The van der Waals surface area contributed by atoms with Crippen molar-refractivity contribution in [3.05, 3.63) is 47.9 Å². The SMILES string of the molecule is Cc1ccc(S(=O)(=O)NCc2ccco2)c(N)c1. The summed E-state index contributed by atoms with van der Waals surface area (Å²) in [5.41, 5.74) is 6.87. The number of furan rings is 1. The first-order chi connectivity index (χ1) is 8.49. The lowest BCUT2D eigenvalue weighted by molar-refractivity contribution is 0.498. The van der Waals surface area contributed by atoms with Gasteiger partial charge in [0.1, 0.15) is 10.7 Å². The van der Waals surface area contributed by atoms with Crippen LogP contribution in [0.3, 0.4) is 0 Å². The number of nitrogens with two attached hydrogens (primary N) is 1. The topological polar surface area (TPSA) is 85.3 Å². The zero-order valence-corrected chi connectivity index (χ0v) is 10.7. The molecule has 0 atom stereocenters. The predicted octanol–water partition coefficient (Wildman–Crippen LogP) is 1.65. The minimum atomic E-state index is -3.62. The first-order valence-electron chi connectivity index (χ1n) is 5.37. The molecule has 0 saturated carbocycles. The Morgan fingerprint density at radius 3 is 2.72 bits per heavy atom. The lowest BCUT2D eigenvalue weighted by Gasteiger charge is -2.08. The van der Waals surface area contributed by atoms with Gasteiger partial charge in [0.2, 0.25) is 10.0 Å². The molecule has 18 heavy (non-hydrogen) atoms. The van der Waals surface area contributed by atoms with Crippen LogP contribution in [0.4, 0.5) is 5.69 Å². The van der Waals surface area contributed by atoms with Gasteiger partial charge in [-0.1, -0.05) is 6.07 Å². The molecule has 0 aliphatic carbocycles. The first-order valence-corrected chi connectivity index (χ1v) is 6.85. The maximum atomic E-state index is 12.0. The molecular formula is C12H14N2O3S. The minimum Gasteiger partial charge on any atom is -0.468 e. The molecule has 0 aliphatic rings. The highest BCUT2D eigenvalue weighted by molar-refractivity contribution is 7.89. The van der Waals surface area contributed by atoms with Crippen molar-refractivity contribution < 1.29 is 12.8 Å². The van der Waals surface area contributed by atoms with E-state index in [0.29, 0.717) is 5.76 Å². The summed E-state index contributed by atoms with van der Waals surface area (Å²) in [6, 6.07) is 8.22. The molecule has 3 N–H and O–H groups in total. The number of anilines is 1. The Morgan fingerprint density at radius 1 is 1.33 bits per heavy atom. The number of hydrogen-bond acceptors (Lipinski definition) is 4. The summed E-state index contributed by atoms with van der Waals surface area (Å²) < 4.78 is 31.5. The van der Waals surface area contributed by atoms with Crippen molar-refractivity contribution in [1.82, 2.24) is 4.72 Å². The summed E-state index contributed by atoms with van der Waals surface area (Å²) in [4.78, 5) is 0.0830. The van der Waals surface area contributed by atoms with E-state index in [0.717, 1.165) is 5.56 Å². The Morgan fingerprint density at radius 2 is 2.11 bits per heavy atom. The van der Waals surface area contributed by atoms with Gasteiger partial charge in [-0.2, -0.15) is 0 Å². The Kier molecular flexibility index (Phi) is 3.40. The molecule has 0 spiro atoms. The fraction of sp³-hybridized carbons (Fsp3) is 0.167. The van der Waals surface area contributed by atoms with Crippen molar-refractivity contribution in [2.24, 2.45) is 0 Å². The van der Waals surface area contributed by atoms with E-state index in [9.17, 15) is 8.42 Å². The lowest BCUT2D eigenvalue weighted by Crippen LogP contribution is -2.24. The van der Waals surface area contributed by atoms with Crippen molar-refractivity contribution in [1.29, 1.82) is 0 Å². The van der Waals surface area contributed by atoms with E-state index in [1.807, 2.05) is 6.92 Å². The average molecular weight is 266 g/mol. The highest BCUT2D eigenvalue weighted by atomic mass is 32.2. The Bertz CT molecular complexity index is 633. The van der Waals surface area contributed by atoms with E-state index < -0.39 is 10.0 Å². The van der Waals surface area contributed by atoms with Gasteiger partial charge in [-0.25, -0.2) is 13.1 Å². The Hall–Kier alpha value is -1.79. The molecule has 1 aromatic carbocycles. The second kappa shape index (κ2) is 4.83. The molecule has 6 heteroatoms. The Labute approximate surface area is 106 Å². The summed E-state index contributed by atoms with van der Waals surface area (Å²) in [6.45, 7) is 1.95. The van der Waals surface area contributed by atoms with Crippen LogP contribution in [0.5, 0.6) is 0 Å². The van der Waals surface area contributed by atoms with Crippen LogP contribution < -0.4 is 10.5 Å². The fourth-order valence-electron chi connectivity index (χ4n) is 1.57. The maximum Gasteiger partial charge on any atom is 0.243 e. The molecule has 0 unspecified atom stereocenters. The van der Waals surface area contributed by atoms with Crippen LogP contribution in [0.25, 0.3) is 0 Å². The molecule has 0 fully saturated rings. The third-order valence-corrected chi connectivity index (χ3v) is 3.95. The van der Waals surface area contributed by atoms with Gasteiger partial charge in [0.25, 0.3) is 0 Å². The van der Waals surface area contributed by atoms with Gasteiger partial charge in [-0.05, 0) is 36.8 Å². The summed E-state index contributed by atoms with van der Waals surface area (Å²) in [6.07, 6.45) is 1.49. The lowest BCUT2D eigenvalue weighted by atomic mass is 10.2. The van der Waals surface area contributed by atoms with Crippen LogP contribution in [0.1, 0.15) is 11.3 Å². The van der Waals surface area contributed by atoms with Crippen molar-refractivity contribution in [3.63, 3.8) is 0 Å². The fourth-order valence-corrected chi connectivity index (χ4v) is 2.67. The largest absolute Gasteiger partial charge is 0.468 e. The number of rotatable bonds is 4. The van der Waals surface area contributed by atoms with Crippen LogP contribution >= 0.6 is 0 Å². The summed E-state index contributed by atoms with van der Waals surface area (Å²) >= 11 is 0. The smallest absolute Gasteiger partial charge is 0.243 e. The summed E-state index contributed by atoms with van der Waals surface area (Å²) in [5.74, 6) is 0.546. The van der Waals surface area contributed by atoms with Gasteiger partial charge in [0, 0.05) is 0 Å². The highest BCUT2D eigenvalue weighted by Gasteiger charge is 2.17. The molecule has 0 aliphatic heterocycles. The van der Waals surface area contributed by atoms with Crippen molar-refractivity contribution in [3.8, 4) is 0 Å². The molecule has 0 radical (unpaired) electrons. The van der Waals surface area contributed by atoms with E-state index in [1.165, 1.54) is 12.3 Å². The molecule has 0 saturated heterocycles. The van der Waals surface area contributed by atoms with Gasteiger partial charge in [0.05, 0.1) is 18.5 Å². The third kappa shape index (κ3) is 2.72. The standard InChI is InChI=1S/C12H14N2O3S/c1-9-4-5-12(11(13)7-9)18(15,16)14-8-10-3-2-6-17-10/h2-7,14H,8,13H2,1H3. The van der Waals surface area contributed by atoms with Gasteiger partial charge >= 0.3 is 0 Å². The molecule has 0 amide bonds. The molecule has 1 aromatic heterocycles. The van der Waals surface area contributed by atoms with Gasteiger partial charge in [-0.15, -0.1) is 0 Å². The third-order valence-electron chi connectivity index (χ3n) is 2.47. The predicted molar refractivity (Wildman–Crippen MR) is 68.3 cm³/mol. The van der Waals surface area contributed by atoms with Crippen molar-refractivity contribution in [2.45, 2.75) is 18.4 Å². The molecule has 1 heterocycles. The summed E-state index contributed by atoms with van der Waals surface area (Å²) in [7, 11) is -3.62. The molecule has 2 aromatic rings. The maximum absolute atomic E-state index is 12.0. The number of hydrogen-bond donors (Lipinski definition) is 2. The highest BCUT2D eigenvalue weighted by Crippen LogP contribution is 2.19. The van der Waals surface area contributed by atoms with Crippen LogP contribution in [0, 0.1) is 6.92 Å². The van der Waals surface area contributed by atoms with Gasteiger partial charge in [0.15, 0.2) is 0 Å². The second-order valence-corrected chi connectivity index (χ2v) is 5.68. The number of aryl methyl sites for hydroxylation is 1. The zero-order chi connectivity index (χ0) is 13.2. The average Bonchev–Trinajstić information content (AvgIpc) is 2.78. The molecule has 5 nitrogen and oxygen atoms in total. The molecule has 2 rings (SSSR count). The van der Waals surface area contributed by atoms with Gasteiger partial charge in [-0.3, -0.25) is 0 Å². The van der Waals surface area contributed by atoms with E-state index in [1.54, 1.807) is 24.3 Å². The van der Waals surface area contributed by atoms with E-state index in [-0.39, 0.29) is 17.1 Å². The monoisotopic (exact) mass is 266 g/mol. The number of benzene rings is 1. The normalized spacial score (nSPS) is 11.6. The minimum absolute atomic E-state index is 0.0830. The van der Waals surface area contributed by atoms with Crippen LogP contribution in [-0.4, -0.2) is 8.42 Å². The zero-order valence-electron chi connectivity index (χ0n) is 9.88. The number of nitrogen functional groups attached to an aromatic ring is 1. The number of nitrogens with one attached hydrogen (secondary N) is 1. The van der Waals surface area contributed by atoms with Crippen LogP contribution in [-0.2, 0) is 16.6 Å². The van der Waals surface area contributed by atoms with Gasteiger partial charge < -0.3 is 10.2 Å². The van der Waals surface area contributed by atoms with Crippen LogP contribution in [0.2, 0.25) is 0 Å². The van der Waals surface area contributed by atoms with E-state index in [4.69, 9.17) is 10.2 Å². The molecule has 0 bridgehead atoms. The van der Waals surface area contributed by atoms with Crippen molar-refractivity contribution >= 4 is 15.7 Å². The van der Waals surface area contributed by atoms with Crippen molar-refractivity contribution in [2.75, 3.05) is 5.73 Å². The molecular weight excluding hydrogens is 252 g/mol. The van der Waals surface area contributed by atoms with E-state index >= 15 is 0 Å². The first kappa shape index (κ1) is 12.7. The number of sulfonamides is 1.